The summed E-state index contributed by atoms with van der Waals surface area (Å²) < 4.78 is 47.4. The normalized spacial score (nSPS) is 11.8. The summed E-state index contributed by atoms with van der Waals surface area (Å²) in [4.78, 5) is 11.4. The van der Waals surface area contributed by atoms with Crippen molar-refractivity contribution in [3.63, 3.8) is 0 Å². The lowest BCUT2D eigenvalue weighted by atomic mass is 10.1. The molecule has 116 valence electrons. The van der Waals surface area contributed by atoms with Crippen LogP contribution in [0.25, 0.3) is 12.2 Å². The van der Waals surface area contributed by atoms with Crippen LogP contribution >= 0.6 is 0 Å². The third-order valence-electron chi connectivity index (χ3n) is 2.67. The first kappa shape index (κ1) is 15.8. The van der Waals surface area contributed by atoms with Crippen molar-refractivity contribution < 1.29 is 27.2 Å². The van der Waals surface area contributed by atoms with Gasteiger partial charge in [-0.3, -0.25) is 0 Å². The second kappa shape index (κ2) is 6.46. The fraction of sp³-hybridized carbons (Fsp3) is 0.200. The van der Waals surface area contributed by atoms with Gasteiger partial charge in [-0.1, -0.05) is 23.4 Å². The standard InChI is InChI=1S/C15H12F3NO3/c1-2-21-14(20)13-9-12(22-19-13)7-6-10-4-3-5-11(8-10)15(16,17)18/h3-9H,2H2,1H3/b7-6+. The van der Waals surface area contributed by atoms with Crippen molar-refractivity contribution in [3.05, 3.63) is 52.9 Å². The van der Waals surface area contributed by atoms with Crippen LogP contribution in [0.5, 0.6) is 0 Å². The second-order valence-electron chi connectivity index (χ2n) is 4.29. The number of hydrogen-bond donors (Lipinski definition) is 0. The maximum Gasteiger partial charge on any atom is 0.416 e. The third-order valence-corrected chi connectivity index (χ3v) is 2.67. The number of halogens is 3. The average molecular weight is 311 g/mol. The van der Waals surface area contributed by atoms with Gasteiger partial charge < -0.3 is 9.26 Å². The Morgan fingerprint density at radius 2 is 2.09 bits per heavy atom. The van der Waals surface area contributed by atoms with Crippen molar-refractivity contribution in [3.8, 4) is 0 Å². The van der Waals surface area contributed by atoms with Gasteiger partial charge in [-0.15, -0.1) is 0 Å². The second-order valence-corrected chi connectivity index (χ2v) is 4.29. The summed E-state index contributed by atoms with van der Waals surface area (Å²) >= 11 is 0. The number of ether oxygens (including phenoxy) is 1. The van der Waals surface area contributed by atoms with Gasteiger partial charge in [-0.05, 0) is 30.7 Å². The van der Waals surface area contributed by atoms with Gasteiger partial charge in [-0.2, -0.15) is 13.2 Å². The molecule has 7 heteroatoms. The first-order chi connectivity index (χ1) is 10.4. The summed E-state index contributed by atoms with van der Waals surface area (Å²) in [5.74, 6) is -0.384. The highest BCUT2D eigenvalue weighted by atomic mass is 19.4. The zero-order valence-corrected chi connectivity index (χ0v) is 11.6. The molecular formula is C15H12F3NO3. The molecular weight excluding hydrogens is 299 g/mol. The first-order valence-corrected chi connectivity index (χ1v) is 6.39. The van der Waals surface area contributed by atoms with Crippen LogP contribution in [0.4, 0.5) is 13.2 Å². The molecule has 0 spiro atoms. The number of esters is 1. The van der Waals surface area contributed by atoms with Crippen LogP contribution in [-0.2, 0) is 10.9 Å². The first-order valence-electron chi connectivity index (χ1n) is 6.39. The summed E-state index contributed by atoms with van der Waals surface area (Å²) in [5.41, 5.74) is -0.381. The molecule has 2 rings (SSSR count). The number of carbonyl (C=O) groups is 1. The molecule has 0 fully saturated rings. The van der Waals surface area contributed by atoms with Crippen LogP contribution < -0.4 is 0 Å². The van der Waals surface area contributed by atoms with Crippen LogP contribution in [0.1, 0.15) is 34.3 Å². The van der Waals surface area contributed by atoms with E-state index >= 15 is 0 Å². The van der Waals surface area contributed by atoms with Crippen LogP contribution in [0.3, 0.4) is 0 Å². The van der Waals surface area contributed by atoms with Crippen molar-refractivity contribution >= 4 is 18.1 Å². The highest BCUT2D eigenvalue weighted by Gasteiger charge is 2.30. The number of carbonyl (C=O) groups excluding carboxylic acids is 1. The van der Waals surface area contributed by atoms with Gasteiger partial charge in [0.2, 0.25) is 0 Å². The van der Waals surface area contributed by atoms with Gasteiger partial charge in [0.05, 0.1) is 12.2 Å². The number of hydrogen-bond acceptors (Lipinski definition) is 4. The smallest absolute Gasteiger partial charge is 0.416 e. The van der Waals surface area contributed by atoms with E-state index in [9.17, 15) is 18.0 Å². The molecule has 0 unspecified atom stereocenters. The predicted octanol–water partition coefficient (Wildman–Crippen LogP) is 4.04. The molecule has 4 nitrogen and oxygen atoms in total. The van der Waals surface area contributed by atoms with Crippen molar-refractivity contribution in [1.29, 1.82) is 0 Å². The number of nitrogens with zero attached hydrogens (tertiary/aromatic N) is 1. The molecule has 0 radical (unpaired) electrons. The highest BCUT2D eigenvalue weighted by Crippen LogP contribution is 2.29. The summed E-state index contributed by atoms with van der Waals surface area (Å²) in [6.07, 6.45) is -1.54. The maximum absolute atomic E-state index is 12.6. The molecule has 0 atom stereocenters. The summed E-state index contributed by atoms with van der Waals surface area (Å²) in [5, 5.41) is 3.52. The van der Waals surface area contributed by atoms with E-state index in [0.717, 1.165) is 12.1 Å². The molecule has 0 N–H and O–H groups in total. The molecule has 0 amide bonds. The quantitative estimate of drug-likeness (QED) is 0.800. The summed E-state index contributed by atoms with van der Waals surface area (Å²) in [6.45, 7) is 1.87. The fourth-order valence-electron chi connectivity index (χ4n) is 1.67. The zero-order chi connectivity index (χ0) is 16.2. The van der Waals surface area contributed by atoms with E-state index in [1.165, 1.54) is 30.4 Å². The summed E-state index contributed by atoms with van der Waals surface area (Å²) in [6, 6.07) is 6.19. The lowest BCUT2D eigenvalue weighted by Gasteiger charge is -2.06. The molecule has 0 bridgehead atoms. The fourth-order valence-corrected chi connectivity index (χ4v) is 1.67. The number of rotatable bonds is 4. The van der Waals surface area contributed by atoms with Crippen LogP contribution in [-0.4, -0.2) is 17.7 Å². The SMILES string of the molecule is CCOC(=O)c1cc(/C=C/c2cccc(C(F)(F)F)c2)on1. The minimum atomic E-state index is -4.40. The molecule has 1 aromatic heterocycles. The Hall–Kier alpha value is -2.57. The Bertz CT molecular complexity index is 689. The molecule has 0 aliphatic heterocycles. The number of alkyl halides is 3. The largest absolute Gasteiger partial charge is 0.461 e. The Kier molecular flexibility index (Phi) is 4.65. The van der Waals surface area contributed by atoms with E-state index in [1.807, 2.05) is 0 Å². The van der Waals surface area contributed by atoms with Crippen molar-refractivity contribution in [2.45, 2.75) is 13.1 Å². The topological polar surface area (TPSA) is 52.3 Å². The van der Waals surface area contributed by atoms with Crippen LogP contribution in [0.2, 0.25) is 0 Å². The van der Waals surface area contributed by atoms with E-state index in [1.54, 1.807) is 6.92 Å². The van der Waals surface area contributed by atoms with E-state index in [4.69, 9.17) is 9.26 Å². The van der Waals surface area contributed by atoms with Crippen LogP contribution in [0.15, 0.2) is 34.9 Å². The van der Waals surface area contributed by atoms with Crippen molar-refractivity contribution in [2.75, 3.05) is 6.61 Å². The Labute approximate surface area is 124 Å². The van der Waals surface area contributed by atoms with Gasteiger partial charge in [-0.25, -0.2) is 4.79 Å². The van der Waals surface area contributed by atoms with E-state index < -0.39 is 17.7 Å². The Morgan fingerprint density at radius 3 is 2.77 bits per heavy atom. The number of benzene rings is 1. The molecule has 0 saturated carbocycles. The predicted molar refractivity (Wildman–Crippen MR) is 72.8 cm³/mol. The Balaban J connectivity index is 2.14. The molecule has 22 heavy (non-hydrogen) atoms. The lowest BCUT2D eigenvalue weighted by molar-refractivity contribution is -0.137. The maximum atomic E-state index is 12.6. The van der Waals surface area contributed by atoms with Crippen molar-refractivity contribution in [2.24, 2.45) is 0 Å². The minimum Gasteiger partial charge on any atom is -0.461 e. The van der Waals surface area contributed by atoms with Gasteiger partial charge in [0, 0.05) is 6.07 Å². The molecule has 1 heterocycles. The lowest BCUT2D eigenvalue weighted by Crippen LogP contribution is -2.04. The van der Waals surface area contributed by atoms with Gasteiger partial charge in [0.15, 0.2) is 11.5 Å². The van der Waals surface area contributed by atoms with Gasteiger partial charge >= 0.3 is 12.1 Å². The minimum absolute atomic E-state index is 0.00513. The molecule has 1 aromatic carbocycles. The Morgan fingerprint density at radius 1 is 1.32 bits per heavy atom. The molecule has 2 aromatic rings. The highest BCUT2D eigenvalue weighted by molar-refractivity contribution is 5.87. The third kappa shape index (κ3) is 3.97. The average Bonchev–Trinajstić information content (AvgIpc) is 2.94. The van der Waals surface area contributed by atoms with E-state index in [2.05, 4.69) is 5.16 Å². The number of aromatic nitrogens is 1. The van der Waals surface area contributed by atoms with Gasteiger partial charge in [0.1, 0.15) is 0 Å². The van der Waals surface area contributed by atoms with Gasteiger partial charge in [0.25, 0.3) is 0 Å². The van der Waals surface area contributed by atoms with E-state index in [-0.39, 0.29) is 18.1 Å². The summed E-state index contributed by atoms with van der Waals surface area (Å²) in [7, 11) is 0. The van der Waals surface area contributed by atoms with Crippen LogP contribution in [0, 0.1) is 0 Å². The molecule has 0 saturated heterocycles. The molecule has 0 aliphatic carbocycles. The monoisotopic (exact) mass is 311 g/mol. The zero-order valence-electron chi connectivity index (χ0n) is 11.6. The van der Waals surface area contributed by atoms with Crippen molar-refractivity contribution in [1.82, 2.24) is 5.16 Å². The van der Waals surface area contributed by atoms with E-state index in [0.29, 0.717) is 5.56 Å². The molecule has 0 aliphatic rings.